The van der Waals surface area contributed by atoms with E-state index in [1.54, 1.807) is 18.2 Å². The summed E-state index contributed by atoms with van der Waals surface area (Å²) in [5.41, 5.74) is 1.89. The van der Waals surface area contributed by atoms with Crippen molar-refractivity contribution in [2.24, 2.45) is 5.92 Å². The Hall–Kier alpha value is -3.34. The minimum atomic E-state index is -0.0905. The smallest absolute Gasteiger partial charge is 0.228 e. The molecule has 1 aliphatic rings. The third-order valence-corrected chi connectivity index (χ3v) is 6.56. The number of ether oxygens (including phenoxy) is 1. The standard InChI is InChI=1S/C29H27ClN2O2/c30-24-15-16-28(34-25-12-2-1-3-13-25)27(18-24)31-29(33)23-11-7-17-32(20-23)19-22-10-6-9-21-8-4-5-14-26(21)22/h1-6,8-10,12-16,18,23H,7,11,17,19-20H2,(H,31,33). The number of hydrogen-bond acceptors (Lipinski definition) is 3. The average molecular weight is 471 g/mol. The third-order valence-electron chi connectivity index (χ3n) is 6.32. The van der Waals surface area contributed by atoms with E-state index in [1.165, 1.54) is 16.3 Å². The van der Waals surface area contributed by atoms with Gasteiger partial charge in [-0.3, -0.25) is 9.69 Å². The summed E-state index contributed by atoms with van der Waals surface area (Å²) in [6.07, 6.45) is 1.86. The van der Waals surface area contributed by atoms with Crippen LogP contribution in [0.2, 0.25) is 5.02 Å². The highest BCUT2D eigenvalue weighted by Crippen LogP contribution is 2.33. The molecule has 0 bridgehead atoms. The number of amides is 1. The van der Waals surface area contributed by atoms with Gasteiger partial charge < -0.3 is 10.1 Å². The number of nitrogens with zero attached hydrogens (tertiary/aromatic N) is 1. The molecule has 0 aromatic heterocycles. The fourth-order valence-electron chi connectivity index (χ4n) is 4.62. The van der Waals surface area contributed by atoms with Gasteiger partial charge in [0.2, 0.25) is 5.91 Å². The van der Waals surface area contributed by atoms with Gasteiger partial charge in [-0.1, -0.05) is 72.3 Å². The van der Waals surface area contributed by atoms with Crippen molar-refractivity contribution >= 4 is 34.0 Å². The van der Waals surface area contributed by atoms with Crippen LogP contribution in [0.25, 0.3) is 10.8 Å². The van der Waals surface area contributed by atoms with Crippen molar-refractivity contribution in [3.05, 3.63) is 102 Å². The molecule has 1 heterocycles. The Balaban J connectivity index is 1.28. The van der Waals surface area contributed by atoms with Crippen molar-refractivity contribution in [3.8, 4) is 11.5 Å². The molecular weight excluding hydrogens is 444 g/mol. The number of halogens is 1. The van der Waals surface area contributed by atoms with Gasteiger partial charge in [0.1, 0.15) is 5.75 Å². The molecule has 172 valence electrons. The first-order valence-corrected chi connectivity index (χ1v) is 12.1. The molecule has 4 nitrogen and oxygen atoms in total. The number of rotatable bonds is 6. The van der Waals surface area contributed by atoms with Gasteiger partial charge in [0, 0.05) is 18.1 Å². The lowest BCUT2D eigenvalue weighted by atomic mass is 9.96. The molecule has 4 aromatic carbocycles. The minimum Gasteiger partial charge on any atom is -0.455 e. The maximum atomic E-state index is 13.3. The summed E-state index contributed by atoms with van der Waals surface area (Å²) < 4.78 is 6.01. The molecule has 0 aliphatic carbocycles. The summed E-state index contributed by atoms with van der Waals surface area (Å²) in [5.74, 6) is 1.20. The first-order chi connectivity index (χ1) is 16.7. The van der Waals surface area contributed by atoms with Crippen molar-refractivity contribution in [1.29, 1.82) is 0 Å². The van der Waals surface area contributed by atoms with Gasteiger partial charge in [0.05, 0.1) is 11.6 Å². The predicted molar refractivity (Wildman–Crippen MR) is 139 cm³/mol. The third kappa shape index (κ3) is 5.24. The van der Waals surface area contributed by atoms with Crippen molar-refractivity contribution in [3.63, 3.8) is 0 Å². The second-order valence-electron chi connectivity index (χ2n) is 8.76. The van der Waals surface area contributed by atoms with Crippen LogP contribution in [-0.2, 0) is 11.3 Å². The Kier molecular flexibility index (Phi) is 6.79. The van der Waals surface area contributed by atoms with E-state index in [9.17, 15) is 4.79 Å². The fraction of sp³-hybridized carbons (Fsp3) is 0.207. The van der Waals surface area contributed by atoms with Crippen LogP contribution in [0.4, 0.5) is 5.69 Å². The van der Waals surface area contributed by atoms with Crippen molar-refractivity contribution in [2.75, 3.05) is 18.4 Å². The number of para-hydroxylation sites is 1. The summed E-state index contributed by atoms with van der Waals surface area (Å²) in [7, 11) is 0. The van der Waals surface area contributed by atoms with Crippen molar-refractivity contribution in [2.45, 2.75) is 19.4 Å². The molecule has 1 amide bonds. The van der Waals surface area contributed by atoms with E-state index in [-0.39, 0.29) is 11.8 Å². The number of benzene rings is 4. The number of likely N-dealkylation sites (tertiary alicyclic amines) is 1. The van der Waals surface area contributed by atoms with E-state index >= 15 is 0 Å². The normalized spacial score (nSPS) is 16.3. The molecular formula is C29H27ClN2O2. The van der Waals surface area contributed by atoms with Gasteiger partial charge >= 0.3 is 0 Å². The molecule has 5 heteroatoms. The highest BCUT2D eigenvalue weighted by molar-refractivity contribution is 6.31. The Labute approximate surface area is 205 Å². The van der Waals surface area contributed by atoms with E-state index in [1.807, 2.05) is 30.3 Å². The second-order valence-corrected chi connectivity index (χ2v) is 9.19. The van der Waals surface area contributed by atoms with Gasteiger partial charge in [0.15, 0.2) is 5.75 Å². The van der Waals surface area contributed by atoms with Crippen LogP contribution in [-0.4, -0.2) is 23.9 Å². The molecule has 5 rings (SSSR count). The lowest BCUT2D eigenvalue weighted by Gasteiger charge is -2.32. The zero-order valence-electron chi connectivity index (χ0n) is 18.9. The lowest BCUT2D eigenvalue weighted by Crippen LogP contribution is -2.40. The average Bonchev–Trinajstić information content (AvgIpc) is 2.87. The van der Waals surface area contributed by atoms with Gasteiger partial charge in [-0.05, 0) is 66.1 Å². The summed E-state index contributed by atoms with van der Waals surface area (Å²) in [6, 6.07) is 29.7. The Morgan fingerprint density at radius 2 is 1.76 bits per heavy atom. The molecule has 0 spiro atoms. The molecule has 1 aliphatic heterocycles. The fourth-order valence-corrected chi connectivity index (χ4v) is 4.80. The second kappa shape index (κ2) is 10.3. The number of hydrogen-bond donors (Lipinski definition) is 1. The maximum absolute atomic E-state index is 13.3. The summed E-state index contributed by atoms with van der Waals surface area (Å²) in [6.45, 7) is 2.56. The summed E-state index contributed by atoms with van der Waals surface area (Å²) in [5, 5.41) is 6.16. The highest BCUT2D eigenvalue weighted by Gasteiger charge is 2.27. The summed E-state index contributed by atoms with van der Waals surface area (Å²) in [4.78, 5) is 15.6. The first-order valence-electron chi connectivity index (χ1n) is 11.7. The lowest BCUT2D eigenvalue weighted by molar-refractivity contribution is -0.121. The van der Waals surface area contributed by atoms with Gasteiger partial charge in [0.25, 0.3) is 0 Å². The first kappa shape index (κ1) is 22.5. The Morgan fingerprint density at radius 3 is 2.65 bits per heavy atom. The van der Waals surface area contributed by atoms with Crippen LogP contribution in [0.1, 0.15) is 18.4 Å². The quantitative estimate of drug-likeness (QED) is 0.325. The molecule has 0 saturated carbocycles. The largest absolute Gasteiger partial charge is 0.455 e. The number of nitrogens with one attached hydrogen (secondary N) is 1. The molecule has 1 unspecified atom stereocenters. The molecule has 1 saturated heterocycles. The zero-order chi connectivity index (χ0) is 23.3. The maximum Gasteiger partial charge on any atom is 0.228 e. The van der Waals surface area contributed by atoms with Crippen LogP contribution >= 0.6 is 11.6 Å². The van der Waals surface area contributed by atoms with Crippen LogP contribution < -0.4 is 10.1 Å². The van der Waals surface area contributed by atoms with Gasteiger partial charge in [-0.25, -0.2) is 0 Å². The Bertz CT molecular complexity index is 1290. The highest BCUT2D eigenvalue weighted by atomic mass is 35.5. The van der Waals surface area contributed by atoms with Gasteiger partial charge in [-0.2, -0.15) is 0 Å². The van der Waals surface area contributed by atoms with E-state index < -0.39 is 0 Å². The minimum absolute atomic E-state index is 0.00259. The summed E-state index contributed by atoms with van der Waals surface area (Å²) >= 11 is 6.24. The van der Waals surface area contributed by atoms with E-state index in [4.69, 9.17) is 16.3 Å². The van der Waals surface area contributed by atoms with Gasteiger partial charge in [-0.15, -0.1) is 0 Å². The Morgan fingerprint density at radius 1 is 0.971 bits per heavy atom. The van der Waals surface area contributed by atoms with E-state index in [0.29, 0.717) is 22.2 Å². The number of carbonyl (C=O) groups is 1. The topological polar surface area (TPSA) is 41.6 Å². The van der Waals surface area contributed by atoms with Crippen LogP contribution in [0.5, 0.6) is 11.5 Å². The van der Waals surface area contributed by atoms with Crippen LogP contribution in [0.3, 0.4) is 0 Å². The number of carbonyl (C=O) groups excluding carboxylic acids is 1. The van der Waals surface area contributed by atoms with E-state index in [2.05, 4.69) is 52.7 Å². The molecule has 1 fully saturated rings. The number of fused-ring (bicyclic) bond motifs is 1. The molecule has 4 aromatic rings. The molecule has 0 radical (unpaired) electrons. The molecule has 1 atom stereocenters. The SMILES string of the molecule is O=C(Nc1cc(Cl)ccc1Oc1ccccc1)C1CCCN(Cc2cccc3ccccc23)C1. The van der Waals surface area contributed by atoms with Crippen molar-refractivity contribution in [1.82, 2.24) is 4.90 Å². The predicted octanol–water partition coefficient (Wildman–Crippen LogP) is 7.14. The zero-order valence-corrected chi connectivity index (χ0v) is 19.7. The van der Waals surface area contributed by atoms with Crippen LogP contribution in [0, 0.1) is 5.92 Å². The molecule has 34 heavy (non-hydrogen) atoms. The molecule has 1 N–H and O–H groups in total. The van der Waals surface area contributed by atoms with Crippen LogP contribution in [0.15, 0.2) is 91.0 Å². The monoisotopic (exact) mass is 470 g/mol. The van der Waals surface area contributed by atoms with Crippen molar-refractivity contribution < 1.29 is 9.53 Å². The van der Waals surface area contributed by atoms with E-state index in [0.717, 1.165) is 32.5 Å². The number of piperidine rings is 1. The number of anilines is 1.